The number of carboxylic acids is 1. The van der Waals surface area contributed by atoms with Gasteiger partial charge < -0.3 is 14.9 Å². The standard InChI is InChI=1S/C17H18N2O4/c20-15(18-17(16(21)22)9-5-2-6-10-17)13-11-14(23-19-13)12-7-3-1-4-8-12/h1,3-4,7-8,11H,2,5-6,9-10H2,(H,18,20)(H,21,22). The molecule has 0 atom stereocenters. The smallest absolute Gasteiger partial charge is 0.329 e. The molecule has 1 aliphatic rings. The van der Waals surface area contributed by atoms with E-state index in [1.54, 1.807) is 0 Å². The number of carbonyl (C=O) groups excluding carboxylic acids is 1. The highest BCUT2D eigenvalue weighted by atomic mass is 16.5. The van der Waals surface area contributed by atoms with Crippen molar-refractivity contribution >= 4 is 11.9 Å². The molecule has 6 nitrogen and oxygen atoms in total. The summed E-state index contributed by atoms with van der Waals surface area (Å²) in [5.74, 6) is -1.03. The molecular formula is C17H18N2O4. The minimum Gasteiger partial charge on any atom is -0.480 e. The minimum absolute atomic E-state index is 0.0926. The van der Waals surface area contributed by atoms with E-state index in [-0.39, 0.29) is 5.69 Å². The zero-order chi connectivity index (χ0) is 16.3. The molecule has 1 aliphatic carbocycles. The number of aliphatic carboxylic acids is 1. The van der Waals surface area contributed by atoms with Gasteiger partial charge >= 0.3 is 5.97 Å². The summed E-state index contributed by atoms with van der Waals surface area (Å²) < 4.78 is 5.20. The summed E-state index contributed by atoms with van der Waals surface area (Å²) in [5, 5.41) is 15.9. The molecule has 0 saturated heterocycles. The molecule has 1 aromatic carbocycles. The second-order valence-electron chi connectivity index (χ2n) is 5.84. The lowest BCUT2D eigenvalue weighted by atomic mass is 9.81. The third-order valence-electron chi connectivity index (χ3n) is 4.27. The van der Waals surface area contributed by atoms with Crippen LogP contribution in [0.1, 0.15) is 42.6 Å². The minimum atomic E-state index is -1.19. The van der Waals surface area contributed by atoms with E-state index in [0.717, 1.165) is 24.8 Å². The average Bonchev–Trinajstić information content (AvgIpc) is 3.06. The molecule has 0 unspecified atom stereocenters. The molecule has 0 radical (unpaired) electrons. The third-order valence-corrected chi connectivity index (χ3v) is 4.27. The molecule has 3 rings (SSSR count). The van der Waals surface area contributed by atoms with Gasteiger partial charge in [-0.1, -0.05) is 54.8 Å². The molecule has 1 aromatic heterocycles. The van der Waals surface area contributed by atoms with E-state index in [1.807, 2.05) is 30.3 Å². The first-order valence-corrected chi connectivity index (χ1v) is 7.69. The summed E-state index contributed by atoms with van der Waals surface area (Å²) in [6.07, 6.45) is 3.46. The van der Waals surface area contributed by atoms with Crippen LogP contribution >= 0.6 is 0 Å². The molecule has 1 saturated carbocycles. The van der Waals surface area contributed by atoms with Gasteiger partial charge in [-0.2, -0.15) is 0 Å². The monoisotopic (exact) mass is 314 g/mol. The van der Waals surface area contributed by atoms with Crippen molar-refractivity contribution in [3.05, 3.63) is 42.1 Å². The number of hydrogen-bond donors (Lipinski definition) is 2. The van der Waals surface area contributed by atoms with Crippen LogP contribution in [0, 0.1) is 0 Å². The van der Waals surface area contributed by atoms with Crippen molar-refractivity contribution in [3.8, 4) is 11.3 Å². The highest BCUT2D eigenvalue weighted by molar-refractivity contribution is 5.97. The van der Waals surface area contributed by atoms with Crippen molar-refractivity contribution in [1.29, 1.82) is 0 Å². The molecular weight excluding hydrogens is 296 g/mol. The summed E-state index contributed by atoms with van der Waals surface area (Å²) in [4.78, 5) is 24.0. The number of nitrogens with one attached hydrogen (secondary N) is 1. The topological polar surface area (TPSA) is 92.4 Å². The van der Waals surface area contributed by atoms with Gasteiger partial charge in [0, 0.05) is 11.6 Å². The zero-order valence-corrected chi connectivity index (χ0v) is 12.6. The van der Waals surface area contributed by atoms with Gasteiger partial charge in [-0.3, -0.25) is 4.79 Å². The maximum atomic E-state index is 12.4. The number of carbonyl (C=O) groups is 2. The molecule has 2 aromatic rings. The van der Waals surface area contributed by atoms with Gasteiger partial charge in [-0.25, -0.2) is 4.79 Å². The first-order chi connectivity index (χ1) is 11.1. The molecule has 1 fully saturated rings. The van der Waals surface area contributed by atoms with Crippen LogP contribution in [0.25, 0.3) is 11.3 Å². The highest BCUT2D eigenvalue weighted by Crippen LogP contribution is 2.29. The number of amides is 1. The largest absolute Gasteiger partial charge is 0.480 e. The number of nitrogens with zero attached hydrogens (tertiary/aromatic N) is 1. The van der Waals surface area contributed by atoms with E-state index in [0.29, 0.717) is 18.6 Å². The highest BCUT2D eigenvalue weighted by Gasteiger charge is 2.41. The summed E-state index contributed by atoms with van der Waals surface area (Å²) in [6.45, 7) is 0. The van der Waals surface area contributed by atoms with Crippen LogP contribution in [-0.2, 0) is 4.79 Å². The Morgan fingerprint density at radius 3 is 2.48 bits per heavy atom. The number of hydrogen-bond acceptors (Lipinski definition) is 4. The van der Waals surface area contributed by atoms with Crippen molar-refractivity contribution in [1.82, 2.24) is 10.5 Å². The van der Waals surface area contributed by atoms with E-state index in [9.17, 15) is 14.7 Å². The maximum absolute atomic E-state index is 12.4. The van der Waals surface area contributed by atoms with Crippen LogP contribution < -0.4 is 5.32 Å². The van der Waals surface area contributed by atoms with E-state index < -0.39 is 17.4 Å². The van der Waals surface area contributed by atoms with Gasteiger partial charge in [0.25, 0.3) is 5.91 Å². The summed E-state index contributed by atoms with van der Waals surface area (Å²) in [7, 11) is 0. The molecule has 0 aliphatic heterocycles. The van der Waals surface area contributed by atoms with Crippen LogP contribution in [0.5, 0.6) is 0 Å². The van der Waals surface area contributed by atoms with Gasteiger partial charge in [-0.05, 0) is 12.8 Å². The molecule has 6 heteroatoms. The first-order valence-electron chi connectivity index (χ1n) is 7.69. The summed E-state index contributed by atoms with van der Waals surface area (Å²) in [5.41, 5.74) is -0.291. The molecule has 1 amide bonds. The number of aromatic nitrogens is 1. The Balaban J connectivity index is 1.78. The fraction of sp³-hybridized carbons (Fsp3) is 0.353. The number of carboxylic acid groups (broad SMARTS) is 1. The Hall–Kier alpha value is -2.63. The van der Waals surface area contributed by atoms with Crippen LogP contribution in [0.4, 0.5) is 0 Å². The van der Waals surface area contributed by atoms with Gasteiger partial charge in [0.05, 0.1) is 0 Å². The lowest BCUT2D eigenvalue weighted by Crippen LogP contribution is -2.55. The van der Waals surface area contributed by atoms with Crippen LogP contribution in [0.3, 0.4) is 0 Å². The Bertz CT molecular complexity index is 702. The quantitative estimate of drug-likeness (QED) is 0.905. The maximum Gasteiger partial charge on any atom is 0.329 e. The average molecular weight is 314 g/mol. The van der Waals surface area contributed by atoms with E-state index in [2.05, 4.69) is 10.5 Å². The van der Waals surface area contributed by atoms with Crippen molar-refractivity contribution in [2.75, 3.05) is 0 Å². The molecule has 1 heterocycles. The van der Waals surface area contributed by atoms with E-state index in [4.69, 9.17) is 4.52 Å². The Kier molecular flexibility index (Phi) is 4.14. The first kappa shape index (κ1) is 15.3. The Morgan fingerprint density at radius 1 is 1.13 bits per heavy atom. The molecule has 23 heavy (non-hydrogen) atoms. The lowest BCUT2D eigenvalue weighted by Gasteiger charge is -2.33. The van der Waals surface area contributed by atoms with Gasteiger partial charge in [0.2, 0.25) is 0 Å². The third kappa shape index (κ3) is 3.11. The normalized spacial score (nSPS) is 16.7. The SMILES string of the molecule is O=C(NC1(C(=O)O)CCCCC1)c1cc(-c2ccccc2)on1. The second-order valence-corrected chi connectivity index (χ2v) is 5.84. The fourth-order valence-corrected chi connectivity index (χ4v) is 2.95. The zero-order valence-electron chi connectivity index (χ0n) is 12.6. The molecule has 0 spiro atoms. The fourth-order valence-electron chi connectivity index (χ4n) is 2.95. The van der Waals surface area contributed by atoms with Gasteiger partial charge in [0.15, 0.2) is 11.5 Å². The van der Waals surface area contributed by atoms with E-state index in [1.165, 1.54) is 6.07 Å². The van der Waals surface area contributed by atoms with E-state index >= 15 is 0 Å². The van der Waals surface area contributed by atoms with Gasteiger partial charge in [0.1, 0.15) is 5.54 Å². The van der Waals surface area contributed by atoms with Crippen LogP contribution in [-0.4, -0.2) is 27.7 Å². The second kappa shape index (κ2) is 6.24. The number of rotatable bonds is 4. The van der Waals surface area contributed by atoms with Crippen molar-refractivity contribution in [2.24, 2.45) is 0 Å². The number of benzene rings is 1. The summed E-state index contributed by atoms with van der Waals surface area (Å²) >= 11 is 0. The lowest BCUT2D eigenvalue weighted by molar-refractivity contribution is -0.145. The van der Waals surface area contributed by atoms with Crippen molar-refractivity contribution < 1.29 is 19.2 Å². The predicted molar refractivity (Wildman–Crippen MR) is 82.9 cm³/mol. The Labute approximate surface area is 133 Å². The van der Waals surface area contributed by atoms with Crippen LogP contribution in [0.2, 0.25) is 0 Å². The van der Waals surface area contributed by atoms with Crippen molar-refractivity contribution in [2.45, 2.75) is 37.6 Å². The molecule has 0 bridgehead atoms. The molecule has 2 N–H and O–H groups in total. The van der Waals surface area contributed by atoms with Crippen LogP contribution in [0.15, 0.2) is 40.9 Å². The Morgan fingerprint density at radius 2 is 1.83 bits per heavy atom. The van der Waals surface area contributed by atoms with Crippen molar-refractivity contribution in [3.63, 3.8) is 0 Å². The molecule has 120 valence electrons. The van der Waals surface area contributed by atoms with Gasteiger partial charge in [-0.15, -0.1) is 0 Å². The summed E-state index contributed by atoms with van der Waals surface area (Å²) in [6, 6.07) is 10.8. The predicted octanol–water partition coefficient (Wildman–Crippen LogP) is 2.86.